The first kappa shape index (κ1) is 45.3. The fourth-order valence-corrected chi connectivity index (χ4v) is 10.4. The fraction of sp³-hybridized carbons (Fsp3) is 0.528. The lowest BCUT2D eigenvalue weighted by molar-refractivity contribution is -0.956. The van der Waals surface area contributed by atoms with Gasteiger partial charge in [-0.05, 0) is 91.0 Å². The van der Waals surface area contributed by atoms with E-state index in [9.17, 15) is 9.90 Å². The Hall–Kier alpha value is -4.73. The van der Waals surface area contributed by atoms with Crippen LogP contribution in [0, 0.1) is 0 Å². The van der Waals surface area contributed by atoms with Crippen molar-refractivity contribution in [3.63, 3.8) is 0 Å². The van der Waals surface area contributed by atoms with Crippen molar-refractivity contribution >= 4 is 5.97 Å². The van der Waals surface area contributed by atoms with Gasteiger partial charge in [0, 0.05) is 49.0 Å². The number of benzene rings is 4. The number of hydrogen-bond acceptors (Lipinski definition) is 7. The number of carboxylic acid groups (broad SMARTS) is 1. The third-order valence-electron chi connectivity index (χ3n) is 14.2. The maximum absolute atomic E-state index is 13.5. The molecule has 9 heteroatoms. The summed E-state index contributed by atoms with van der Waals surface area (Å²) >= 11 is 0. The molecule has 6 bridgehead atoms. The van der Waals surface area contributed by atoms with Gasteiger partial charge in [-0.25, -0.2) is 4.79 Å². The van der Waals surface area contributed by atoms with Crippen LogP contribution in [0.4, 0.5) is 0 Å². The third-order valence-corrected chi connectivity index (χ3v) is 14.2. The highest BCUT2D eigenvalue weighted by Crippen LogP contribution is 2.48. The van der Waals surface area contributed by atoms with E-state index in [1.165, 1.54) is 68.9 Å². The van der Waals surface area contributed by atoms with E-state index in [4.69, 9.17) is 23.7 Å². The molecule has 4 unspecified atom stereocenters. The minimum absolute atomic E-state index is 0.00652. The summed E-state index contributed by atoms with van der Waals surface area (Å²) in [5, 5.41) is 11.1. The number of carboxylic acids is 1. The van der Waals surface area contributed by atoms with Crippen molar-refractivity contribution in [1.82, 2.24) is 4.90 Å². The maximum Gasteiger partial charge on any atom is 0.362 e. The van der Waals surface area contributed by atoms with E-state index in [2.05, 4.69) is 68.4 Å². The highest BCUT2D eigenvalue weighted by Gasteiger charge is 2.48. The van der Waals surface area contributed by atoms with Gasteiger partial charge in [-0.15, -0.1) is 0 Å². The van der Waals surface area contributed by atoms with Gasteiger partial charge in [0.05, 0.1) is 34.9 Å². The fourth-order valence-electron chi connectivity index (χ4n) is 10.4. The molecule has 4 aromatic rings. The van der Waals surface area contributed by atoms with E-state index in [-0.39, 0.29) is 12.1 Å². The predicted octanol–water partition coefficient (Wildman–Crippen LogP) is 12.2. The van der Waals surface area contributed by atoms with Crippen molar-refractivity contribution < 1.29 is 38.1 Å². The monoisotopic (exact) mass is 848 g/mol. The summed E-state index contributed by atoms with van der Waals surface area (Å²) in [6, 6.07) is 22.2. The highest BCUT2D eigenvalue weighted by molar-refractivity contribution is 5.72. The first-order chi connectivity index (χ1) is 30.1. The van der Waals surface area contributed by atoms with Crippen molar-refractivity contribution in [2.24, 2.45) is 0 Å². The molecular formula is C53H71N2O7+. The number of aliphatic carboxylic acids is 1. The molecule has 0 aliphatic carbocycles. The Bertz CT molecular complexity index is 2120. The van der Waals surface area contributed by atoms with Crippen LogP contribution in [0.2, 0.25) is 0 Å². The van der Waals surface area contributed by atoms with Gasteiger partial charge in [0.25, 0.3) is 0 Å². The van der Waals surface area contributed by atoms with Gasteiger partial charge >= 0.3 is 5.97 Å². The summed E-state index contributed by atoms with van der Waals surface area (Å²) in [5.74, 6) is 4.09. The van der Waals surface area contributed by atoms with Crippen molar-refractivity contribution in [3.05, 3.63) is 100 Å². The summed E-state index contributed by atoms with van der Waals surface area (Å²) in [6.45, 7) is 3.87. The zero-order valence-electron chi connectivity index (χ0n) is 38.3. The van der Waals surface area contributed by atoms with E-state index in [1.807, 2.05) is 24.3 Å². The average Bonchev–Trinajstić information content (AvgIpc) is 3.27. The number of ether oxygens (including phenoxy) is 5. The molecule has 4 heterocycles. The minimum atomic E-state index is -0.721. The molecule has 0 saturated heterocycles. The smallest absolute Gasteiger partial charge is 0.362 e. The predicted molar refractivity (Wildman–Crippen MR) is 247 cm³/mol. The van der Waals surface area contributed by atoms with Crippen LogP contribution in [0.15, 0.2) is 66.7 Å². The number of nitrogens with zero attached hydrogens (tertiary/aromatic N) is 2. The van der Waals surface area contributed by atoms with Crippen LogP contribution in [-0.4, -0.2) is 75.0 Å². The lowest BCUT2D eigenvalue weighted by Gasteiger charge is -2.49. The molecule has 0 aromatic heterocycles. The molecule has 0 amide bonds. The molecule has 8 rings (SSSR count). The summed E-state index contributed by atoms with van der Waals surface area (Å²) in [6.07, 6.45) is 18.6. The molecule has 4 aliphatic rings. The van der Waals surface area contributed by atoms with Crippen LogP contribution >= 0.6 is 0 Å². The number of methoxy groups -OCH3 is 3. The van der Waals surface area contributed by atoms with E-state index in [1.54, 1.807) is 21.3 Å². The largest absolute Gasteiger partial charge is 0.497 e. The van der Waals surface area contributed by atoms with E-state index >= 15 is 0 Å². The molecule has 9 nitrogen and oxygen atoms in total. The SMILES string of the molecule is CCCCCCCCCCCCCCC(C(=O)O)[N+]1(C)CCc2cc(OC)c3cc2C1Cc1ccc(cc1)Oc1cc(ccc1OC)CC1c2c(cc(OC)cc2O3)CCN1C. The Morgan fingerprint density at radius 1 is 0.726 bits per heavy atom. The normalized spacial score (nSPS) is 19.9. The van der Waals surface area contributed by atoms with Gasteiger partial charge in [0.2, 0.25) is 0 Å². The number of quaternary nitrogens is 1. The molecule has 0 fully saturated rings. The van der Waals surface area contributed by atoms with Gasteiger partial charge in [0.15, 0.2) is 29.0 Å². The Kier molecular flexibility index (Phi) is 15.4. The number of likely N-dealkylation sites (N-methyl/N-ethyl adjacent to an activating group) is 2. The van der Waals surface area contributed by atoms with Gasteiger partial charge in [-0.2, -0.15) is 0 Å². The summed E-state index contributed by atoms with van der Waals surface area (Å²) in [7, 11) is 9.43. The first-order valence-corrected chi connectivity index (χ1v) is 23.5. The van der Waals surface area contributed by atoms with Crippen LogP contribution in [0.25, 0.3) is 0 Å². The highest BCUT2D eigenvalue weighted by atomic mass is 16.5. The summed E-state index contributed by atoms with van der Waals surface area (Å²) in [5.41, 5.74) is 6.84. The van der Waals surface area contributed by atoms with Crippen LogP contribution < -0.4 is 23.7 Å². The number of unbranched alkanes of at least 4 members (excludes halogenated alkanes) is 11. The zero-order chi connectivity index (χ0) is 43.6. The first-order valence-electron chi connectivity index (χ1n) is 23.5. The molecule has 1 N–H and O–H groups in total. The Labute approximate surface area is 370 Å². The third kappa shape index (κ3) is 10.4. The number of rotatable bonds is 18. The Balaban J connectivity index is 1.24. The maximum atomic E-state index is 13.5. The van der Waals surface area contributed by atoms with Gasteiger partial charge < -0.3 is 33.3 Å². The van der Waals surface area contributed by atoms with Crippen molar-refractivity contribution in [2.45, 2.75) is 134 Å². The second-order valence-corrected chi connectivity index (χ2v) is 18.3. The van der Waals surface area contributed by atoms with Gasteiger partial charge in [-0.3, -0.25) is 4.90 Å². The lowest BCUT2D eigenvalue weighted by atomic mass is 9.84. The molecule has 4 aromatic carbocycles. The zero-order valence-corrected chi connectivity index (χ0v) is 38.3. The lowest BCUT2D eigenvalue weighted by Crippen LogP contribution is -2.60. The van der Waals surface area contributed by atoms with Crippen LogP contribution in [0.1, 0.15) is 136 Å². The second kappa shape index (κ2) is 21.1. The molecule has 4 atom stereocenters. The number of carbonyl (C=O) groups is 1. The Morgan fingerprint density at radius 3 is 2.05 bits per heavy atom. The Morgan fingerprint density at radius 2 is 1.39 bits per heavy atom. The van der Waals surface area contributed by atoms with Crippen molar-refractivity contribution in [3.8, 4) is 40.2 Å². The van der Waals surface area contributed by atoms with Crippen LogP contribution in [0.3, 0.4) is 0 Å². The standard InChI is InChI=1S/C53H70N2O7/c1-7-8-9-10-11-12-13-14-15-16-17-18-19-45(53(56)57)55(3)29-27-39-34-48(60-6)50-36-43(39)46(55)31-37-20-23-41(24-21-37)61-49-32-38(22-25-47(49)59-5)30-44-52-40(26-28-54(44)2)33-42(58-4)35-51(52)62-50/h20-25,32-36,44-46H,7-19,26-31H2,1-6H3/p+1. The second-order valence-electron chi connectivity index (χ2n) is 18.3. The quantitative estimate of drug-likeness (QED) is 0.0783. The molecule has 4 aliphatic heterocycles. The van der Waals surface area contributed by atoms with Crippen molar-refractivity contribution in [2.75, 3.05) is 48.5 Å². The van der Waals surface area contributed by atoms with Gasteiger partial charge in [0.1, 0.15) is 23.3 Å². The van der Waals surface area contributed by atoms with Gasteiger partial charge in [-0.1, -0.05) is 95.8 Å². The summed E-state index contributed by atoms with van der Waals surface area (Å²) < 4.78 is 31.8. The minimum Gasteiger partial charge on any atom is -0.497 e. The molecule has 0 radical (unpaired) electrons. The number of hydrogen-bond donors (Lipinski definition) is 1. The van der Waals surface area contributed by atoms with E-state index in [0.717, 1.165) is 84.6 Å². The number of fused-ring (bicyclic) bond motifs is 2. The topological polar surface area (TPSA) is 86.7 Å². The van der Waals surface area contributed by atoms with E-state index < -0.39 is 12.0 Å². The molecule has 334 valence electrons. The van der Waals surface area contributed by atoms with E-state index in [0.29, 0.717) is 46.9 Å². The van der Waals surface area contributed by atoms with Crippen LogP contribution in [0.5, 0.6) is 40.2 Å². The molecule has 0 saturated carbocycles. The van der Waals surface area contributed by atoms with Crippen LogP contribution in [-0.2, 0) is 30.5 Å². The van der Waals surface area contributed by atoms with Crippen molar-refractivity contribution in [1.29, 1.82) is 0 Å². The molecule has 0 spiro atoms. The summed E-state index contributed by atoms with van der Waals surface area (Å²) in [4.78, 5) is 15.9. The molecular weight excluding hydrogens is 777 g/mol. The average molecular weight is 848 g/mol. The molecule has 62 heavy (non-hydrogen) atoms.